The summed E-state index contributed by atoms with van der Waals surface area (Å²) >= 11 is 0. The molecular formula is C19H26N2O3S. The van der Waals surface area contributed by atoms with Gasteiger partial charge in [0.15, 0.2) is 0 Å². The predicted octanol–water partition coefficient (Wildman–Crippen LogP) is 3.48. The summed E-state index contributed by atoms with van der Waals surface area (Å²) in [7, 11) is -3.73. The second kappa shape index (κ2) is 6.31. The lowest BCUT2D eigenvalue weighted by Gasteiger charge is -2.46. The molecule has 1 spiro atoms. The molecule has 3 aliphatic rings. The van der Waals surface area contributed by atoms with Crippen LogP contribution in [-0.4, -0.2) is 38.5 Å². The molecule has 1 unspecified atom stereocenters. The van der Waals surface area contributed by atoms with Gasteiger partial charge in [-0.15, -0.1) is 4.40 Å². The molecule has 136 valence electrons. The zero-order valence-corrected chi connectivity index (χ0v) is 15.6. The van der Waals surface area contributed by atoms with Crippen molar-refractivity contribution in [3.63, 3.8) is 0 Å². The Morgan fingerprint density at radius 3 is 2.56 bits per heavy atom. The molecular weight excluding hydrogens is 336 g/mol. The minimum Gasteiger partial charge on any atom is -0.462 e. The van der Waals surface area contributed by atoms with Gasteiger partial charge >= 0.3 is 6.02 Å². The Kier molecular flexibility index (Phi) is 4.26. The SMILES string of the molecule is Cc1ccc(S(=O)(=O)/N=C2/OCC3CCC4(CCCCC4)CN23)cc1. The Hall–Kier alpha value is -1.56. The molecule has 0 aromatic heterocycles. The predicted molar refractivity (Wildman–Crippen MR) is 97.0 cm³/mol. The first-order valence-electron chi connectivity index (χ1n) is 9.29. The van der Waals surface area contributed by atoms with E-state index in [4.69, 9.17) is 4.74 Å². The molecule has 3 fully saturated rings. The van der Waals surface area contributed by atoms with Gasteiger partial charge in [0.05, 0.1) is 10.9 Å². The van der Waals surface area contributed by atoms with Crippen LogP contribution in [0.5, 0.6) is 0 Å². The second-order valence-corrected chi connectivity index (χ2v) is 9.46. The van der Waals surface area contributed by atoms with Crippen LogP contribution in [0.2, 0.25) is 0 Å². The third kappa shape index (κ3) is 3.28. The highest BCUT2D eigenvalue weighted by molar-refractivity contribution is 7.90. The molecule has 1 aromatic carbocycles. The Morgan fingerprint density at radius 2 is 1.84 bits per heavy atom. The largest absolute Gasteiger partial charge is 0.462 e. The number of hydrogen-bond acceptors (Lipinski definition) is 3. The van der Waals surface area contributed by atoms with E-state index in [0.717, 1.165) is 18.5 Å². The van der Waals surface area contributed by atoms with Crippen LogP contribution in [0.15, 0.2) is 33.6 Å². The van der Waals surface area contributed by atoms with Crippen molar-refractivity contribution in [2.24, 2.45) is 9.81 Å². The van der Waals surface area contributed by atoms with Gasteiger partial charge in [-0.25, -0.2) is 0 Å². The van der Waals surface area contributed by atoms with Crippen molar-refractivity contribution in [1.29, 1.82) is 0 Å². The van der Waals surface area contributed by atoms with Gasteiger partial charge in [0.25, 0.3) is 10.0 Å². The van der Waals surface area contributed by atoms with E-state index in [1.54, 1.807) is 24.3 Å². The van der Waals surface area contributed by atoms with E-state index < -0.39 is 10.0 Å². The molecule has 1 aliphatic carbocycles. The van der Waals surface area contributed by atoms with E-state index in [1.165, 1.54) is 38.5 Å². The van der Waals surface area contributed by atoms with Crippen molar-refractivity contribution in [3.05, 3.63) is 29.8 Å². The Balaban J connectivity index is 1.59. The van der Waals surface area contributed by atoms with Crippen LogP contribution in [-0.2, 0) is 14.8 Å². The summed E-state index contributed by atoms with van der Waals surface area (Å²) in [5.41, 5.74) is 1.36. The first-order chi connectivity index (χ1) is 12.0. The zero-order valence-electron chi connectivity index (χ0n) is 14.8. The van der Waals surface area contributed by atoms with Crippen molar-refractivity contribution in [2.45, 2.75) is 62.8 Å². The first-order valence-corrected chi connectivity index (χ1v) is 10.7. The Morgan fingerprint density at radius 1 is 1.12 bits per heavy atom. The van der Waals surface area contributed by atoms with Crippen molar-refractivity contribution < 1.29 is 13.2 Å². The highest BCUT2D eigenvalue weighted by atomic mass is 32.2. The Bertz CT molecular complexity index is 764. The van der Waals surface area contributed by atoms with Crippen LogP contribution in [0.4, 0.5) is 0 Å². The Labute approximate surface area is 150 Å². The van der Waals surface area contributed by atoms with Gasteiger partial charge in [0.1, 0.15) is 6.61 Å². The molecule has 5 nitrogen and oxygen atoms in total. The fraction of sp³-hybridized carbons (Fsp3) is 0.632. The summed E-state index contributed by atoms with van der Waals surface area (Å²) in [4.78, 5) is 2.35. The van der Waals surface area contributed by atoms with E-state index in [-0.39, 0.29) is 10.9 Å². The maximum Gasteiger partial charge on any atom is 0.303 e. The first kappa shape index (κ1) is 16.9. The van der Waals surface area contributed by atoms with E-state index in [0.29, 0.717) is 18.0 Å². The van der Waals surface area contributed by atoms with Gasteiger partial charge in [-0.2, -0.15) is 8.42 Å². The smallest absolute Gasteiger partial charge is 0.303 e. The molecule has 0 radical (unpaired) electrons. The molecule has 2 heterocycles. The molecule has 6 heteroatoms. The van der Waals surface area contributed by atoms with Crippen LogP contribution < -0.4 is 0 Å². The van der Waals surface area contributed by atoms with E-state index in [9.17, 15) is 8.42 Å². The number of nitrogens with zero attached hydrogens (tertiary/aromatic N) is 2. The maximum atomic E-state index is 12.6. The van der Waals surface area contributed by atoms with Gasteiger partial charge in [-0.3, -0.25) is 0 Å². The average molecular weight is 362 g/mol. The molecule has 0 bridgehead atoms. The second-order valence-electron chi connectivity index (χ2n) is 7.85. The summed E-state index contributed by atoms with van der Waals surface area (Å²) < 4.78 is 35.1. The highest BCUT2D eigenvalue weighted by Gasteiger charge is 2.45. The molecule has 0 N–H and O–H groups in total. The molecule has 1 atom stereocenters. The lowest BCUT2D eigenvalue weighted by Crippen LogP contribution is -2.49. The number of rotatable bonds is 2. The number of aryl methyl sites for hydroxylation is 1. The van der Waals surface area contributed by atoms with Crippen LogP contribution in [0, 0.1) is 12.3 Å². The molecule has 2 saturated heterocycles. The minimum absolute atomic E-state index is 0.224. The molecule has 0 amide bonds. The van der Waals surface area contributed by atoms with Crippen LogP contribution in [0.25, 0.3) is 0 Å². The van der Waals surface area contributed by atoms with Gasteiger partial charge < -0.3 is 9.64 Å². The van der Waals surface area contributed by atoms with Gasteiger partial charge in [0.2, 0.25) is 0 Å². The number of fused-ring (bicyclic) bond motifs is 1. The average Bonchev–Trinajstić information content (AvgIpc) is 2.97. The summed E-state index contributed by atoms with van der Waals surface area (Å²) in [6.07, 6.45) is 8.69. The number of amidine groups is 1. The maximum absolute atomic E-state index is 12.6. The molecule has 2 aliphatic heterocycles. The number of sulfonamides is 1. The molecule has 1 saturated carbocycles. The van der Waals surface area contributed by atoms with Gasteiger partial charge in [0, 0.05) is 6.54 Å². The third-order valence-electron chi connectivity index (χ3n) is 6.04. The topological polar surface area (TPSA) is 59.0 Å². The van der Waals surface area contributed by atoms with Crippen molar-refractivity contribution in [2.75, 3.05) is 13.2 Å². The minimum atomic E-state index is -3.73. The lowest BCUT2D eigenvalue weighted by molar-refractivity contribution is 0.0683. The molecule has 4 rings (SSSR count). The molecule has 25 heavy (non-hydrogen) atoms. The van der Waals surface area contributed by atoms with Crippen LogP contribution in [0.1, 0.15) is 50.5 Å². The fourth-order valence-electron chi connectivity index (χ4n) is 4.50. The van der Waals surface area contributed by atoms with E-state index in [1.807, 2.05) is 6.92 Å². The van der Waals surface area contributed by atoms with Crippen molar-refractivity contribution >= 4 is 16.0 Å². The zero-order chi connectivity index (χ0) is 17.5. The summed E-state index contributed by atoms with van der Waals surface area (Å²) in [5.74, 6) is 0. The standard InChI is InChI=1S/C19H26N2O3S/c1-15-5-7-17(8-6-15)25(22,23)20-18-21-14-19(10-3-2-4-11-19)12-9-16(21)13-24-18/h5-8,16H,2-4,9-14H2,1H3/b20-18+. The van der Waals surface area contributed by atoms with Gasteiger partial charge in [-0.05, 0) is 50.2 Å². The number of piperidine rings is 1. The number of hydrogen-bond donors (Lipinski definition) is 0. The number of ether oxygens (including phenoxy) is 1. The summed E-state index contributed by atoms with van der Waals surface area (Å²) in [5, 5.41) is 0. The summed E-state index contributed by atoms with van der Waals surface area (Å²) in [6, 6.07) is 7.39. The van der Waals surface area contributed by atoms with Crippen LogP contribution >= 0.6 is 0 Å². The third-order valence-corrected chi connectivity index (χ3v) is 7.30. The monoisotopic (exact) mass is 362 g/mol. The van der Waals surface area contributed by atoms with E-state index >= 15 is 0 Å². The molecule has 1 aromatic rings. The normalized spacial score (nSPS) is 27.3. The van der Waals surface area contributed by atoms with Crippen LogP contribution in [0.3, 0.4) is 0 Å². The summed E-state index contributed by atoms with van der Waals surface area (Å²) in [6.45, 7) is 3.38. The highest BCUT2D eigenvalue weighted by Crippen LogP contribution is 2.45. The lowest BCUT2D eigenvalue weighted by atomic mass is 9.68. The van der Waals surface area contributed by atoms with Crippen molar-refractivity contribution in [1.82, 2.24) is 4.90 Å². The van der Waals surface area contributed by atoms with Crippen molar-refractivity contribution in [3.8, 4) is 0 Å². The van der Waals surface area contributed by atoms with Gasteiger partial charge in [-0.1, -0.05) is 37.0 Å². The fourth-order valence-corrected chi connectivity index (χ4v) is 5.45. The number of benzene rings is 1. The van der Waals surface area contributed by atoms with E-state index in [2.05, 4.69) is 9.30 Å². The quantitative estimate of drug-likeness (QED) is 0.808.